The minimum Gasteiger partial charge on any atom is -0.336 e. The zero-order valence-corrected chi connectivity index (χ0v) is 13.9. The van der Waals surface area contributed by atoms with E-state index in [0.29, 0.717) is 23.7 Å². The number of rotatable bonds is 2. The van der Waals surface area contributed by atoms with E-state index >= 15 is 0 Å². The molecule has 3 nitrogen and oxygen atoms in total. The molecule has 1 amide bonds. The molecular formula is C13H13ClF3IN2O. The highest BCUT2D eigenvalue weighted by molar-refractivity contribution is 14.1. The predicted octanol–water partition coefficient (Wildman–Crippen LogP) is 3.26. The van der Waals surface area contributed by atoms with Gasteiger partial charge in [0.25, 0.3) is 5.91 Å². The summed E-state index contributed by atoms with van der Waals surface area (Å²) in [5.41, 5.74) is 0.532. The number of nitrogens with zero attached hydrogens (tertiary/aromatic N) is 2. The van der Waals surface area contributed by atoms with E-state index in [1.807, 2.05) is 22.6 Å². The first kappa shape index (κ1) is 16.8. The number of benzene rings is 1. The van der Waals surface area contributed by atoms with Gasteiger partial charge < -0.3 is 4.90 Å². The fourth-order valence-corrected chi connectivity index (χ4v) is 3.30. The number of carbonyl (C=O) groups is 1. The van der Waals surface area contributed by atoms with E-state index in [-0.39, 0.29) is 19.0 Å². The number of halogens is 5. The van der Waals surface area contributed by atoms with Crippen molar-refractivity contribution < 1.29 is 18.0 Å². The second-order valence-electron chi connectivity index (χ2n) is 4.81. The van der Waals surface area contributed by atoms with Gasteiger partial charge in [0.2, 0.25) is 0 Å². The highest BCUT2D eigenvalue weighted by Crippen LogP contribution is 2.21. The lowest BCUT2D eigenvalue weighted by Gasteiger charge is -2.35. The molecule has 21 heavy (non-hydrogen) atoms. The highest BCUT2D eigenvalue weighted by Gasteiger charge is 2.33. The van der Waals surface area contributed by atoms with Crippen molar-refractivity contribution >= 4 is 40.1 Å². The Morgan fingerprint density at radius 3 is 2.38 bits per heavy atom. The quantitative estimate of drug-likeness (QED) is 0.670. The Labute approximate surface area is 139 Å². The van der Waals surface area contributed by atoms with Gasteiger partial charge >= 0.3 is 6.18 Å². The zero-order chi connectivity index (χ0) is 15.6. The summed E-state index contributed by atoms with van der Waals surface area (Å²) in [5.74, 6) is -0.164. The highest BCUT2D eigenvalue weighted by atomic mass is 127. The molecule has 1 saturated heterocycles. The Kier molecular flexibility index (Phi) is 5.37. The summed E-state index contributed by atoms with van der Waals surface area (Å²) in [6.45, 7) is 0.138. The van der Waals surface area contributed by atoms with E-state index in [4.69, 9.17) is 11.6 Å². The average Bonchev–Trinajstić information content (AvgIpc) is 2.37. The standard InChI is InChI=1S/C13H13ClF3IN2O/c14-9-1-2-10(11(18)7-9)12(21)20-5-3-19(4-6-20)8-13(15,16)17/h1-2,7H,3-6,8H2. The molecule has 1 aliphatic heterocycles. The van der Waals surface area contributed by atoms with Crippen LogP contribution in [-0.4, -0.2) is 54.6 Å². The molecular weight excluding hydrogens is 420 g/mol. The van der Waals surface area contributed by atoms with Gasteiger partial charge in [-0.3, -0.25) is 9.69 Å². The number of hydrogen-bond acceptors (Lipinski definition) is 2. The molecule has 0 aromatic heterocycles. The third-order valence-corrected chi connectivity index (χ3v) is 4.35. The Bertz CT molecular complexity index is 531. The molecule has 0 bridgehead atoms. The van der Waals surface area contributed by atoms with Crippen LogP contribution < -0.4 is 0 Å². The first-order valence-corrected chi connectivity index (χ1v) is 7.75. The smallest absolute Gasteiger partial charge is 0.336 e. The number of hydrogen-bond donors (Lipinski definition) is 0. The Morgan fingerprint density at radius 2 is 1.86 bits per heavy atom. The molecule has 0 radical (unpaired) electrons. The first-order valence-electron chi connectivity index (χ1n) is 6.30. The molecule has 8 heteroatoms. The third kappa shape index (κ3) is 4.72. The van der Waals surface area contributed by atoms with E-state index in [9.17, 15) is 18.0 Å². The molecule has 0 N–H and O–H groups in total. The van der Waals surface area contributed by atoms with Gasteiger partial charge in [-0.1, -0.05) is 11.6 Å². The summed E-state index contributed by atoms with van der Waals surface area (Å²) in [7, 11) is 0. The van der Waals surface area contributed by atoms with Crippen LogP contribution in [-0.2, 0) is 0 Å². The Morgan fingerprint density at radius 1 is 1.24 bits per heavy atom. The van der Waals surface area contributed by atoms with Crippen LogP contribution in [0.2, 0.25) is 5.02 Å². The molecule has 2 rings (SSSR count). The largest absolute Gasteiger partial charge is 0.401 e. The van der Waals surface area contributed by atoms with Crippen molar-refractivity contribution in [2.24, 2.45) is 0 Å². The summed E-state index contributed by atoms with van der Waals surface area (Å²) in [6, 6.07) is 4.97. The molecule has 1 aromatic carbocycles. The summed E-state index contributed by atoms with van der Waals surface area (Å²) >= 11 is 7.87. The SMILES string of the molecule is O=C(c1ccc(Cl)cc1I)N1CCN(CC(F)(F)F)CC1. The summed E-state index contributed by atoms with van der Waals surface area (Å²) in [5, 5.41) is 0.547. The van der Waals surface area contributed by atoms with Crippen molar-refractivity contribution in [3.63, 3.8) is 0 Å². The normalized spacial score (nSPS) is 17.1. The second-order valence-corrected chi connectivity index (χ2v) is 6.41. The Balaban J connectivity index is 1.97. The van der Waals surface area contributed by atoms with Gasteiger partial charge in [0, 0.05) is 34.8 Å². The van der Waals surface area contributed by atoms with E-state index in [1.54, 1.807) is 23.1 Å². The summed E-state index contributed by atoms with van der Waals surface area (Å²) in [6.07, 6.45) is -4.20. The first-order chi connectivity index (χ1) is 9.76. The van der Waals surface area contributed by atoms with Crippen LogP contribution in [0.5, 0.6) is 0 Å². The van der Waals surface area contributed by atoms with Crippen LogP contribution in [0, 0.1) is 3.57 Å². The minimum atomic E-state index is -4.20. The fraction of sp³-hybridized carbons (Fsp3) is 0.462. The molecule has 1 fully saturated rings. The van der Waals surface area contributed by atoms with Gasteiger partial charge in [-0.2, -0.15) is 13.2 Å². The topological polar surface area (TPSA) is 23.6 Å². The van der Waals surface area contributed by atoms with Crippen LogP contribution >= 0.6 is 34.2 Å². The monoisotopic (exact) mass is 432 g/mol. The van der Waals surface area contributed by atoms with E-state index in [1.165, 1.54) is 4.90 Å². The Hall–Kier alpha value is -0.540. The van der Waals surface area contributed by atoms with Gasteiger partial charge in [0.15, 0.2) is 0 Å². The van der Waals surface area contributed by atoms with E-state index in [2.05, 4.69) is 0 Å². The summed E-state index contributed by atoms with van der Waals surface area (Å²) < 4.78 is 37.7. The molecule has 0 saturated carbocycles. The zero-order valence-electron chi connectivity index (χ0n) is 11.0. The molecule has 116 valence electrons. The van der Waals surface area contributed by atoms with Crippen molar-refractivity contribution in [2.75, 3.05) is 32.7 Å². The third-order valence-electron chi connectivity index (χ3n) is 3.22. The van der Waals surface area contributed by atoms with Crippen molar-refractivity contribution in [1.29, 1.82) is 0 Å². The molecule has 0 aliphatic carbocycles. The molecule has 0 atom stereocenters. The lowest BCUT2D eigenvalue weighted by molar-refractivity contribution is -0.148. The van der Waals surface area contributed by atoms with Gasteiger partial charge in [0.05, 0.1) is 12.1 Å². The summed E-state index contributed by atoms with van der Waals surface area (Å²) in [4.78, 5) is 15.3. The van der Waals surface area contributed by atoms with Crippen molar-refractivity contribution in [3.05, 3.63) is 32.4 Å². The molecule has 1 heterocycles. The maximum atomic E-state index is 12.4. The van der Waals surface area contributed by atoms with Crippen LogP contribution in [0.3, 0.4) is 0 Å². The lowest BCUT2D eigenvalue weighted by atomic mass is 10.2. The number of carbonyl (C=O) groups excluding carboxylic acids is 1. The van der Waals surface area contributed by atoms with Gasteiger partial charge in [-0.25, -0.2) is 0 Å². The molecule has 1 aliphatic rings. The van der Waals surface area contributed by atoms with Crippen molar-refractivity contribution in [2.45, 2.75) is 6.18 Å². The predicted molar refractivity (Wildman–Crippen MR) is 82.6 cm³/mol. The number of alkyl halides is 3. The van der Waals surface area contributed by atoms with E-state index < -0.39 is 12.7 Å². The van der Waals surface area contributed by atoms with Gasteiger partial charge in [-0.05, 0) is 40.8 Å². The maximum absolute atomic E-state index is 12.4. The van der Waals surface area contributed by atoms with Crippen LogP contribution in [0.1, 0.15) is 10.4 Å². The lowest BCUT2D eigenvalue weighted by Crippen LogP contribution is -2.51. The van der Waals surface area contributed by atoms with Crippen molar-refractivity contribution in [3.8, 4) is 0 Å². The maximum Gasteiger partial charge on any atom is 0.401 e. The molecule has 1 aromatic rings. The number of amides is 1. The van der Waals surface area contributed by atoms with Crippen LogP contribution in [0.15, 0.2) is 18.2 Å². The van der Waals surface area contributed by atoms with Crippen molar-refractivity contribution in [1.82, 2.24) is 9.80 Å². The van der Waals surface area contributed by atoms with Gasteiger partial charge in [-0.15, -0.1) is 0 Å². The number of piperazine rings is 1. The van der Waals surface area contributed by atoms with Crippen LogP contribution in [0.25, 0.3) is 0 Å². The average molecular weight is 433 g/mol. The minimum absolute atomic E-state index is 0.164. The van der Waals surface area contributed by atoms with E-state index in [0.717, 1.165) is 3.57 Å². The second kappa shape index (κ2) is 6.70. The molecule has 0 spiro atoms. The van der Waals surface area contributed by atoms with Crippen LogP contribution in [0.4, 0.5) is 13.2 Å². The van der Waals surface area contributed by atoms with Gasteiger partial charge in [0.1, 0.15) is 0 Å². The fourth-order valence-electron chi connectivity index (χ4n) is 2.20. The molecule has 0 unspecified atom stereocenters.